The summed E-state index contributed by atoms with van der Waals surface area (Å²) in [7, 11) is 1.75. The molecular formula is C17H27N5OS. The van der Waals surface area contributed by atoms with Crippen LogP contribution in [0.1, 0.15) is 50.0 Å². The van der Waals surface area contributed by atoms with Crippen LogP contribution >= 0.6 is 11.3 Å². The third-order valence-corrected chi connectivity index (χ3v) is 4.54. The third kappa shape index (κ3) is 5.33. The Hall–Kier alpha value is -1.89. The van der Waals surface area contributed by atoms with Crippen LogP contribution in [-0.4, -0.2) is 29.5 Å². The van der Waals surface area contributed by atoms with Gasteiger partial charge in [0.2, 0.25) is 5.89 Å². The van der Waals surface area contributed by atoms with Crippen molar-refractivity contribution >= 4 is 17.3 Å². The summed E-state index contributed by atoms with van der Waals surface area (Å²) in [5.41, 5.74) is 1.10. The summed E-state index contributed by atoms with van der Waals surface area (Å²) in [5.74, 6) is 2.28. The van der Waals surface area contributed by atoms with Crippen LogP contribution in [0, 0.1) is 0 Å². The predicted octanol–water partition coefficient (Wildman–Crippen LogP) is 2.90. The third-order valence-electron chi connectivity index (χ3n) is 3.50. The van der Waals surface area contributed by atoms with E-state index in [4.69, 9.17) is 4.42 Å². The van der Waals surface area contributed by atoms with E-state index >= 15 is 0 Å². The van der Waals surface area contributed by atoms with Crippen molar-refractivity contribution in [3.8, 4) is 0 Å². The van der Waals surface area contributed by atoms with E-state index in [1.807, 2.05) is 0 Å². The lowest BCUT2D eigenvalue weighted by molar-refractivity contribution is 0.379. The standard InChI is InChI=1S/C17H27N5OS/c1-6-15-22-12(11-24-15)7-8-19-16(18-5)21-10-14-20-9-13(23-14)17(2,3)4/h9,11H,6-8,10H2,1-5H3,(H2,18,19,21). The van der Waals surface area contributed by atoms with E-state index < -0.39 is 0 Å². The van der Waals surface area contributed by atoms with Gasteiger partial charge < -0.3 is 15.1 Å². The summed E-state index contributed by atoms with van der Waals surface area (Å²) in [4.78, 5) is 13.1. The lowest BCUT2D eigenvalue weighted by Gasteiger charge is -2.13. The fraction of sp³-hybridized carbons (Fsp3) is 0.588. The average molecular weight is 350 g/mol. The van der Waals surface area contributed by atoms with Crippen molar-refractivity contribution in [3.63, 3.8) is 0 Å². The van der Waals surface area contributed by atoms with Gasteiger partial charge in [-0.2, -0.15) is 0 Å². The first-order chi connectivity index (χ1) is 11.4. The first-order valence-electron chi connectivity index (χ1n) is 8.25. The summed E-state index contributed by atoms with van der Waals surface area (Å²) in [6, 6.07) is 0. The number of thiazole rings is 1. The summed E-state index contributed by atoms with van der Waals surface area (Å²) >= 11 is 1.72. The van der Waals surface area contributed by atoms with Crippen LogP contribution in [0.15, 0.2) is 21.0 Å². The van der Waals surface area contributed by atoms with E-state index in [1.54, 1.807) is 24.6 Å². The number of oxazole rings is 1. The van der Waals surface area contributed by atoms with E-state index in [1.165, 1.54) is 5.01 Å². The van der Waals surface area contributed by atoms with Gasteiger partial charge in [-0.05, 0) is 6.42 Å². The number of hydrogen-bond acceptors (Lipinski definition) is 5. The van der Waals surface area contributed by atoms with E-state index in [0.717, 1.165) is 36.8 Å². The monoisotopic (exact) mass is 349 g/mol. The van der Waals surface area contributed by atoms with Crippen LogP contribution < -0.4 is 10.6 Å². The highest BCUT2D eigenvalue weighted by Crippen LogP contribution is 2.22. The highest BCUT2D eigenvalue weighted by atomic mass is 32.1. The molecule has 0 saturated heterocycles. The number of rotatable bonds is 6. The summed E-state index contributed by atoms with van der Waals surface area (Å²) in [5, 5.41) is 9.81. The molecule has 6 nitrogen and oxygen atoms in total. The zero-order valence-corrected chi connectivity index (χ0v) is 16.0. The minimum atomic E-state index is -0.0317. The molecule has 2 aromatic rings. The van der Waals surface area contributed by atoms with Gasteiger partial charge in [-0.15, -0.1) is 11.3 Å². The van der Waals surface area contributed by atoms with Gasteiger partial charge >= 0.3 is 0 Å². The minimum absolute atomic E-state index is 0.0317. The second kappa shape index (κ2) is 8.28. The van der Waals surface area contributed by atoms with E-state index in [-0.39, 0.29) is 5.41 Å². The normalized spacial score (nSPS) is 12.5. The topological polar surface area (TPSA) is 75.3 Å². The van der Waals surface area contributed by atoms with Gasteiger partial charge in [0.05, 0.1) is 23.4 Å². The molecule has 0 atom stereocenters. The zero-order valence-electron chi connectivity index (χ0n) is 15.1. The van der Waals surface area contributed by atoms with Crippen molar-refractivity contribution in [1.82, 2.24) is 20.6 Å². The molecule has 0 aliphatic carbocycles. The highest BCUT2D eigenvalue weighted by molar-refractivity contribution is 7.09. The van der Waals surface area contributed by atoms with Crippen LogP contribution in [0.4, 0.5) is 0 Å². The van der Waals surface area contributed by atoms with Crippen LogP contribution in [0.2, 0.25) is 0 Å². The second-order valence-corrected chi connectivity index (χ2v) is 7.50. The van der Waals surface area contributed by atoms with E-state index in [9.17, 15) is 0 Å². The van der Waals surface area contributed by atoms with E-state index in [0.29, 0.717) is 12.4 Å². The van der Waals surface area contributed by atoms with Gasteiger partial charge in [0, 0.05) is 30.8 Å². The van der Waals surface area contributed by atoms with Crippen molar-refractivity contribution in [3.05, 3.63) is 33.9 Å². The van der Waals surface area contributed by atoms with Crippen LogP contribution in [0.25, 0.3) is 0 Å². The molecule has 24 heavy (non-hydrogen) atoms. The number of aliphatic imine (C=N–C) groups is 1. The Balaban J connectivity index is 1.77. The molecule has 2 rings (SSSR count). The molecule has 7 heteroatoms. The van der Waals surface area contributed by atoms with Gasteiger partial charge in [-0.1, -0.05) is 27.7 Å². The Morgan fingerprint density at radius 2 is 2.12 bits per heavy atom. The molecule has 0 spiro atoms. The Kier molecular flexibility index (Phi) is 6.36. The number of nitrogens with zero attached hydrogens (tertiary/aromatic N) is 3. The first kappa shape index (κ1) is 18.4. The molecule has 0 amide bonds. The van der Waals surface area contributed by atoms with Gasteiger partial charge in [0.25, 0.3) is 0 Å². The zero-order chi connectivity index (χ0) is 17.6. The lowest BCUT2D eigenvalue weighted by atomic mass is 9.94. The molecule has 2 N–H and O–H groups in total. The van der Waals surface area contributed by atoms with Gasteiger partial charge in [-0.25, -0.2) is 9.97 Å². The number of aromatic nitrogens is 2. The Labute approximate surface area is 147 Å². The van der Waals surface area contributed by atoms with Crippen LogP contribution in [-0.2, 0) is 24.8 Å². The second-order valence-electron chi connectivity index (χ2n) is 6.56. The molecule has 2 heterocycles. The fourth-order valence-electron chi connectivity index (χ4n) is 2.05. The quantitative estimate of drug-likeness (QED) is 0.619. The molecule has 0 aliphatic rings. The molecule has 0 saturated carbocycles. The molecule has 0 unspecified atom stereocenters. The summed E-state index contributed by atoms with van der Waals surface area (Å²) < 4.78 is 5.77. The SMILES string of the molecule is CCc1nc(CCNC(=NC)NCc2ncc(C(C)(C)C)o2)cs1. The lowest BCUT2D eigenvalue weighted by Crippen LogP contribution is -2.37. The van der Waals surface area contributed by atoms with Gasteiger partial charge in [0.1, 0.15) is 5.76 Å². The van der Waals surface area contributed by atoms with E-state index in [2.05, 4.69) is 58.7 Å². The summed E-state index contributed by atoms with van der Waals surface area (Å²) in [6.45, 7) is 9.73. The van der Waals surface area contributed by atoms with Crippen molar-refractivity contribution in [2.75, 3.05) is 13.6 Å². The first-order valence-corrected chi connectivity index (χ1v) is 9.13. The van der Waals surface area contributed by atoms with Gasteiger partial charge in [-0.3, -0.25) is 4.99 Å². The Morgan fingerprint density at radius 3 is 2.71 bits per heavy atom. The molecule has 0 aromatic carbocycles. The molecule has 0 radical (unpaired) electrons. The number of nitrogens with one attached hydrogen (secondary N) is 2. The number of hydrogen-bond donors (Lipinski definition) is 2. The minimum Gasteiger partial charge on any atom is -0.443 e. The van der Waals surface area contributed by atoms with Crippen molar-refractivity contribution < 1.29 is 4.42 Å². The van der Waals surface area contributed by atoms with Crippen LogP contribution in [0.3, 0.4) is 0 Å². The summed E-state index contributed by atoms with van der Waals surface area (Å²) in [6.07, 6.45) is 3.67. The maximum absolute atomic E-state index is 5.77. The smallest absolute Gasteiger partial charge is 0.213 e. The maximum Gasteiger partial charge on any atom is 0.213 e. The van der Waals surface area contributed by atoms with Gasteiger partial charge in [0.15, 0.2) is 5.96 Å². The largest absolute Gasteiger partial charge is 0.443 e. The number of aryl methyl sites for hydroxylation is 1. The maximum atomic E-state index is 5.77. The Bertz CT molecular complexity index is 669. The van der Waals surface area contributed by atoms with Crippen LogP contribution in [0.5, 0.6) is 0 Å². The molecule has 132 valence electrons. The molecule has 0 fully saturated rings. The molecular weight excluding hydrogens is 322 g/mol. The molecule has 0 bridgehead atoms. The van der Waals surface area contributed by atoms with Crippen molar-refractivity contribution in [2.45, 2.75) is 52.5 Å². The fourth-order valence-corrected chi connectivity index (χ4v) is 2.83. The Morgan fingerprint density at radius 1 is 1.33 bits per heavy atom. The molecule has 0 aliphatic heterocycles. The average Bonchev–Trinajstić information content (AvgIpc) is 3.19. The van der Waals surface area contributed by atoms with Crippen molar-refractivity contribution in [1.29, 1.82) is 0 Å². The number of guanidine groups is 1. The highest BCUT2D eigenvalue weighted by Gasteiger charge is 2.19. The predicted molar refractivity (Wildman–Crippen MR) is 98.6 cm³/mol. The van der Waals surface area contributed by atoms with Crippen molar-refractivity contribution in [2.24, 2.45) is 4.99 Å². The molecule has 2 aromatic heterocycles.